The molecule has 154 valence electrons. The van der Waals surface area contributed by atoms with Crippen molar-refractivity contribution in [3.05, 3.63) is 71.3 Å². The van der Waals surface area contributed by atoms with Crippen LogP contribution in [0.3, 0.4) is 0 Å². The number of benzene rings is 3. The van der Waals surface area contributed by atoms with Gasteiger partial charge in [-0.3, -0.25) is 0 Å². The zero-order chi connectivity index (χ0) is 21.4. The van der Waals surface area contributed by atoms with Gasteiger partial charge in [-0.2, -0.15) is 0 Å². The number of phenolic OH excluding ortho intramolecular Hbond substituents is 5. The summed E-state index contributed by atoms with van der Waals surface area (Å²) in [5.74, 6) is -1.95. The second-order valence-electron chi connectivity index (χ2n) is 6.93. The third-order valence-corrected chi connectivity index (χ3v) is 4.84. The van der Waals surface area contributed by atoms with Crippen LogP contribution in [0.4, 0.5) is 0 Å². The molecule has 5 N–H and O–H groups in total. The predicted octanol–water partition coefficient (Wildman–Crippen LogP) is 3.12. The molecule has 2 atom stereocenters. The van der Waals surface area contributed by atoms with Gasteiger partial charge in [0.25, 0.3) is 0 Å². The van der Waals surface area contributed by atoms with Crippen LogP contribution in [0.15, 0.2) is 54.6 Å². The van der Waals surface area contributed by atoms with Gasteiger partial charge in [-0.25, -0.2) is 4.79 Å². The number of phenols is 5. The van der Waals surface area contributed by atoms with E-state index in [1.54, 1.807) is 6.07 Å². The normalized spacial score (nSPS) is 17.6. The van der Waals surface area contributed by atoms with Gasteiger partial charge in [0.1, 0.15) is 23.4 Å². The smallest absolute Gasteiger partial charge is 0.338 e. The Labute approximate surface area is 170 Å². The van der Waals surface area contributed by atoms with Crippen LogP contribution in [0.5, 0.6) is 34.5 Å². The topological polar surface area (TPSA) is 137 Å². The van der Waals surface area contributed by atoms with E-state index in [0.29, 0.717) is 11.3 Å². The van der Waals surface area contributed by atoms with E-state index in [0.717, 1.165) is 0 Å². The summed E-state index contributed by atoms with van der Waals surface area (Å²) in [5, 5.41) is 48.6. The molecule has 8 nitrogen and oxygen atoms in total. The number of esters is 1. The van der Waals surface area contributed by atoms with E-state index in [9.17, 15) is 30.3 Å². The van der Waals surface area contributed by atoms with Crippen molar-refractivity contribution in [1.82, 2.24) is 0 Å². The van der Waals surface area contributed by atoms with Gasteiger partial charge in [0.05, 0.1) is 5.56 Å². The average Bonchev–Trinajstić information content (AvgIpc) is 2.71. The maximum absolute atomic E-state index is 12.6. The van der Waals surface area contributed by atoms with Crippen molar-refractivity contribution in [3.63, 3.8) is 0 Å². The minimum absolute atomic E-state index is 0.00451. The van der Waals surface area contributed by atoms with Crippen molar-refractivity contribution < 1.29 is 39.8 Å². The number of carbonyl (C=O) groups excluding carboxylic acids is 1. The van der Waals surface area contributed by atoms with Crippen LogP contribution in [0, 0.1) is 0 Å². The van der Waals surface area contributed by atoms with Crippen LogP contribution in [0.25, 0.3) is 0 Å². The summed E-state index contributed by atoms with van der Waals surface area (Å²) < 4.78 is 11.6. The number of hydrogen-bond donors (Lipinski definition) is 5. The Kier molecular flexibility index (Phi) is 4.75. The van der Waals surface area contributed by atoms with Gasteiger partial charge in [0.15, 0.2) is 23.4 Å². The zero-order valence-corrected chi connectivity index (χ0v) is 15.5. The molecular formula is C22H18O8. The summed E-state index contributed by atoms with van der Waals surface area (Å²) in [5.41, 5.74) is 1.11. The van der Waals surface area contributed by atoms with Crippen LogP contribution >= 0.6 is 0 Å². The van der Waals surface area contributed by atoms with E-state index in [-0.39, 0.29) is 29.0 Å². The zero-order valence-electron chi connectivity index (χ0n) is 15.5. The fourth-order valence-corrected chi connectivity index (χ4v) is 3.36. The van der Waals surface area contributed by atoms with Crippen molar-refractivity contribution in [2.24, 2.45) is 0 Å². The molecule has 0 aliphatic carbocycles. The molecule has 0 saturated heterocycles. The predicted molar refractivity (Wildman–Crippen MR) is 104 cm³/mol. The van der Waals surface area contributed by atoms with Crippen molar-refractivity contribution in [2.75, 3.05) is 0 Å². The second-order valence-corrected chi connectivity index (χ2v) is 6.93. The maximum atomic E-state index is 12.6. The molecule has 1 heterocycles. The first-order chi connectivity index (χ1) is 14.3. The minimum atomic E-state index is -0.902. The third kappa shape index (κ3) is 3.62. The maximum Gasteiger partial charge on any atom is 0.338 e. The van der Waals surface area contributed by atoms with E-state index in [1.807, 2.05) is 0 Å². The Hall–Kier alpha value is -4.07. The Morgan fingerprint density at radius 3 is 2.17 bits per heavy atom. The summed E-state index contributed by atoms with van der Waals surface area (Å²) in [6, 6.07) is 12.5. The SMILES string of the molecule is O=C(O[C@H]1Cc2cc(O)ccc2O[C@H]1c1cc(O)c(O)c(O)c1)c1ccc(O)cc1. The highest BCUT2D eigenvalue weighted by Gasteiger charge is 2.35. The quantitative estimate of drug-likeness (QED) is 0.328. The molecule has 1 aliphatic heterocycles. The largest absolute Gasteiger partial charge is 0.508 e. The molecule has 0 unspecified atom stereocenters. The molecular weight excluding hydrogens is 392 g/mol. The molecule has 4 rings (SSSR count). The standard InChI is InChI=1S/C22H18O8/c23-14-3-1-11(2-4-14)22(28)30-19-10-12-7-15(24)5-6-18(12)29-21(19)13-8-16(25)20(27)17(26)9-13/h1-9,19,21,23-27H,10H2/t19-,21-/m0/s1. The third-order valence-electron chi connectivity index (χ3n) is 4.84. The van der Waals surface area contributed by atoms with E-state index in [1.165, 1.54) is 48.5 Å². The van der Waals surface area contributed by atoms with E-state index >= 15 is 0 Å². The Balaban J connectivity index is 1.70. The monoisotopic (exact) mass is 410 g/mol. The van der Waals surface area contributed by atoms with Crippen LogP contribution < -0.4 is 4.74 Å². The molecule has 1 aliphatic rings. The Morgan fingerprint density at radius 2 is 1.50 bits per heavy atom. The fourth-order valence-electron chi connectivity index (χ4n) is 3.36. The number of ether oxygens (including phenoxy) is 2. The summed E-state index contributed by atoms with van der Waals surface area (Å²) in [7, 11) is 0. The molecule has 0 bridgehead atoms. The molecule has 0 radical (unpaired) electrons. The van der Waals surface area contributed by atoms with Crippen molar-refractivity contribution in [1.29, 1.82) is 0 Å². The number of carbonyl (C=O) groups is 1. The highest BCUT2D eigenvalue weighted by molar-refractivity contribution is 5.89. The average molecular weight is 410 g/mol. The van der Waals surface area contributed by atoms with Gasteiger partial charge in [0, 0.05) is 17.5 Å². The molecule has 8 heteroatoms. The minimum Gasteiger partial charge on any atom is -0.508 e. The fraction of sp³-hybridized carbons (Fsp3) is 0.136. The first-order valence-electron chi connectivity index (χ1n) is 9.05. The van der Waals surface area contributed by atoms with Crippen molar-refractivity contribution in [2.45, 2.75) is 18.6 Å². The van der Waals surface area contributed by atoms with E-state index in [2.05, 4.69) is 0 Å². The number of hydrogen-bond acceptors (Lipinski definition) is 8. The summed E-state index contributed by atoms with van der Waals surface area (Å²) >= 11 is 0. The molecule has 30 heavy (non-hydrogen) atoms. The molecule has 0 saturated carbocycles. The second kappa shape index (κ2) is 7.40. The Bertz CT molecular complexity index is 1080. The molecule has 3 aromatic rings. The number of fused-ring (bicyclic) bond motifs is 1. The number of aromatic hydroxyl groups is 5. The summed E-state index contributed by atoms with van der Waals surface area (Å²) in [6.45, 7) is 0. The lowest BCUT2D eigenvalue weighted by molar-refractivity contribution is -0.0183. The molecule has 0 amide bonds. The lowest BCUT2D eigenvalue weighted by Crippen LogP contribution is -2.34. The van der Waals surface area contributed by atoms with E-state index < -0.39 is 35.4 Å². The van der Waals surface area contributed by atoms with Gasteiger partial charge in [0.2, 0.25) is 0 Å². The van der Waals surface area contributed by atoms with E-state index in [4.69, 9.17) is 9.47 Å². The molecule has 0 fully saturated rings. The van der Waals surface area contributed by atoms with Gasteiger partial charge in [-0.15, -0.1) is 0 Å². The van der Waals surface area contributed by atoms with Gasteiger partial charge < -0.3 is 35.0 Å². The van der Waals surface area contributed by atoms with Crippen molar-refractivity contribution in [3.8, 4) is 34.5 Å². The number of rotatable bonds is 3. The van der Waals surface area contributed by atoms with Gasteiger partial charge in [-0.1, -0.05) is 0 Å². The first kappa shape index (κ1) is 19.3. The first-order valence-corrected chi connectivity index (χ1v) is 9.05. The molecule has 3 aromatic carbocycles. The lowest BCUT2D eigenvalue weighted by Gasteiger charge is -2.33. The summed E-state index contributed by atoms with van der Waals surface area (Å²) in [4.78, 5) is 12.6. The van der Waals surface area contributed by atoms with Crippen LogP contribution in [0.2, 0.25) is 0 Å². The highest BCUT2D eigenvalue weighted by atomic mass is 16.6. The van der Waals surface area contributed by atoms with Crippen molar-refractivity contribution >= 4 is 5.97 Å². The van der Waals surface area contributed by atoms with Crippen LogP contribution in [0.1, 0.15) is 27.6 Å². The van der Waals surface area contributed by atoms with Gasteiger partial charge in [-0.05, 0) is 54.6 Å². The van der Waals surface area contributed by atoms with Crippen LogP contribution in [-0.4, -0.2) is 37.6 Å². The molecule has 0 spiro atoms. The van der Waals surface area contributed by atoms with Gasteiger partial charge >= 0.3 is 5.97 Å². The summed E-state index contributed by atoms with van der Waals surface area (Å²) in [6.07, 6.45) is -1.58. The van der Waals surface area contributed by atoms with Crippen LogP contribution in [-0.2, 0) is 11.2 Å². The Morgan fingerprint density at radius 1 is 0.867 bits per heavy atom. The molecule has 0 aromatic heterocycles. The highest BCUT2D eigenvalue weighted by Crippen LogP contribution is 2.43. The lowest BCUT2D eigenvalue weighted by atomic mass is 9.94.